The first-order chi connectivity index (χ1) is 17.5. The molecule has 1 N–H and O–H groups in total. The number of hydrogen-bond donors (Lipinski definition) is 1. The number of benzene rings is 3. The van der Waals surface area contributed by atoms with Crippen molar-refractivity contribution < 1.29 is 39.9 Å². The lowest BCUT2D eigenvalue weighted by Gasteiger charge is -2.32. The van der Waals surface area contributed by atoms with Crippen LogP contribution in [0.15, 0.2) is 82.8 Å². The van der Waals surface area contributed by atoms with Crippen LogP contribution in [0.1, 0.15) is 18.0 Å². The molecule has 0 amide bonds. The van der Waals surface area contributed by atoms with Gasteiger partial charge in [0.05, 0.1) is 22.3 Å². The van der Waals surface area contributed by atoms with Crippen molar-refractivity contribution in [3.8, 4) is 11.1 Å². The van der Waals surface area contributed by atoms with Crippen molar-refractivity contribution in [1.82, 2.24) is 0 Å². The van der Waals surface area contributed by atoms with Crippen LogP contribution in [0.3, 0.4) is 0 Å². The van der Waals surface area contributed by atoms with Gasteiger partial charge in [-0.1, -0.05) is 54.1 Å². The summed E-state index contributed by atoms with van der Waals surface area (Å²) in [6.45, 7) is 0. The van der Waals surface area contributed by atoms with Crippen LogP contribution in [-0.4, -0.2) is 43.4 Å². The van der Waals surface area contributed by atoms with E-state index in [0.29, 0.717) is 11.1 Å². The maximum absolute atomic E-state index is 13.7. The summed E-state index contributed by atoms with van der Waals surface area (Å²) < 4.78 is 106. The zero-order chi connectivity index (χ0) is 28.1. The molecule has 202 valence electrons. The van der Waals surface area contributed by atoms with Crippen LogP contribution in [-0.2, 0) is 9.84 Å². The van der Waals surface area contributed by atoms with Gasteiger partial charge in [0.2, 0.25) is 0 Å². The topological polar surface area (TPSA) is 70.0 Å². The van der Waals surface area contributed by atoms with Gasteiger partial charge in [-0.15, -0.1) is 0 Å². The van der Waals surface area contributed by atoms with Gasteiger partial charge in [-0.2, -0.15) is 31.4 Å². The Morgan fingerprint density at radius 2 is 1.47 bits per heavy atom. The first-order valence-electron chi connectivity index (χ1n) is 10.9. The lowest BCUT2D eigenvalue weighted by atomic mass is 9.90. The van der Waals surface area contributed by atoms with Gasteiger partial charge in [0.15, 0.2) is 9.84 Å². The van der Waals surface area contributed by atoms with E-state index in [1.807, 2.05) is 0 Å². The fourth-order valence-corrected chi connectivity index (χ4v) is 5.11. The number of hydrogen-bond acceptors (Lipinski definition) is 5. The van der Waals surface area contributed by atoms with Crippen molar-refractivity contribution in [3.05, 3.63) is 83.4 Å². The third kappa shape index (κ3) is 4.99. The van der Waals surface area contributed by atoms with E-state index in [0.717, 1.165) is 11.3 Å². The van der Waals surface area contributed by atoms with Crippen molar-refractivity contribution in [2.24, 2.45) is 5.10 Å². The Bertz CT molecular complexity index is 1490. The lowest BCUT2D eigenvalue weighted by Crippen LogP contribution is -2.62. The summed E-state index contributed by atoms with van der Waals surface area (Å²) >= 11 is 6.24. The van der Waals surface area contributed by atoms with Gasteiger partial charge < -0.3 is 5.11 Å². The highest BCUT2D eigenvalue weighted by atomic mass is 35.5. The molecule has 5 nitrogen and oxygen atoms in total. The molecule has 0 saturated carbocycles. The summed E-state index contributed by atoms with van der Waals surface area (Å²) in [5, 5.41) is 14.7. The van der Waals surface area contributed by atoms with Crippen LogP contribution in [0.2, 0.25) is 5.02 Å². The van der Waals surface area contributed by atoms with Crippen LogP contribution in [0, 0.1) is 0 Å². The maximum Gasteiger partial charge on any atom is 0.431 e. The fourth-order valence-electron chi connectivity index (χ4n) is 4.18. The molecule has 0 aliphatic carbocycles. The highest BCUT2D eigenvalue weighted by Crippen LogP contribution is 2.49. The molecule has 4 rings (SSSR count). The van der Waals surface area contributed by atoms with E-state index in [1.54, 1.807) is 18.2 Å². The first kappa shape index (κ1) is 27.9. The number of alkyl halides is 6. The molecule has 1 atom stereocenters. The first-order valence-corrected chi connectivity index (χ1v) is 13.2. The van der Waals surface area contributed by atoms with Crippen molar-refractivity contribution in [2.45, 2.75) is 35.3 Å². The highest BCUT2D eigenvalue weighted by Gasteiger charge is 2.74. The predicted octanol–water partition coefficient (Wildman–Crippen LogP) is 6.57. The van der Waals surface area contributed by atoms with E-state index < -0.39 is 46.0 Å². The standard InChI is InChI=1S/C25H19ClF6N2O3S/c1-38(36,37)18-9-5-7-16(13-18)15-6-4-8-17(12-15)34-21(19-10-2-3-11-20(19)26)14-22(33-34)23(35,24(27,28)29)25(30,31)32/h2-13,21,35H,14H2,1H3. The minimum atomic E-state index is -6.10. The van der Waals surface area contributed by atoms with E-state index in [2.05, 4.69) is 5.10 Å². The van der Waals surface area contributed by atoms with Gasteiger partial charge in [0.25, 0.3) is 5.60 Å². The summed E-state index contributed by atoms with van der Waals surface area (Å²) in [7, 11) is -3.55. The average molecular weight is 577 g/mol. The van der Waals surface area contributed by atoms with E-state index in [9.17, 15) is 39.9 Å². The molecule has 0 fully saturated rings. The monoisotopic (exact) mass is 576 g/mol. The molecule has 0 radical (unpaired) electrons. The molecule has 0 spiro atoms. The van der Waals surface area contributed by atoms with Gasteiger partial charge in [-0.3, -0.25) is 5.01 Å². The fraction of sp³-hybridized carbons (Fsp3) is 0.240. The Morgan fingerprint density at radius 1 is 0.895 bits per heavy atom. The zero-order valence-corrected chi connectivity index (χ0v) is 21.0. The van der Waals surface area contributed by atoms with E-state index >= 15 is 0 Å². The lowest BCUT2D eigenvalue weighted by molar-refractivity contribution is -0.338. The molecule has 1 heterocycles. The smallest absolute Gasteiger partial charge is 0.369 e. The molecule has 1 aliphatic heterocycles. The second kappa shape index (κ2) is 9.58. The average Bonchev–Trinajstić information content (AvgIpc) is 3.27. The Kier molecular flexibility index (Phi) is 7.04. The molecule has 1 aliphatic rings. The number of aliphatic hydroxyl groups is 1. The van der Waals surface area contributed by atoms with E-state index in [4.69, 9.17) is 11.6 Å². The summed E-state index contributed by atoms with van der Waals surface area (Å²) in [5.41, 5.74) is -5.56. The molecule has 0 bridgehead atoms. The number of halogens is 7. The van der Waals surface area contributed by atoms with Gasteiger partial charge in [0, 0.05) is 17.7 Å². The SMILES string of the molecule is CS(=O)(=O)c1cccc(-c2cccc(N3N=C(C(O)(C(F)(F)F)C(F)(F)F)CC3c3ccccc3Cl)c2)c1. The van der Waals surface area contributed by atoms with Crippen LogP contribution in [0.25, 0.3) is 11.1 Å². The molecule has 38 heavy (non-hydrogen) atoms. The summed E-state index contributed by atoms with van der Waals surface area (Å²) in [4.78, 5) is 0.0243. The second-order valence-electron chi connectivity index (χ2n) is 8.69. The van der Waals surface area contributed by atoms with Crippen molar-refractivity contribution in [3.63, 3.8) is 0 Å². The number of anilines is 1. The molecule has 0 saturated heterocycles. The number of nitrogens with zero attached hydrogens (tertiary/aromatic N) is 2. The van der Waals surface area contributed by atoms with Gasteiger partial charge in [-0.05, 0) is 47.0 Å². The second-order valence-corrected chi connectivity index (χ2v) is 11.1. The Morgan fingerprint density at radius 3 is 2.05 bits per heavy atom. The van der Waals surface area contributed by atoms with Crippen molar-refractivity contribution in [2.75, 3.05) is 11.3 Å². The minimum absolute atomic E-state index is 0.0243. The Hall–Kier alpha value is -3.09. The van der Waals surface area contributed by atoms with E-state index in [1.165, 1.54) is 54.6 Å². The van der Waals surface area contributed by atoms with Crippen LogP contribution < -0.4 is 5.01 Å². The zero-order valence-electron chi connectivity index (χ0n) is 19.4. The molecule has 1 unspecified atom stereocenters. The molecule has 3 aromatic carbocycles. The van der Waals surface area contributed by atoms with Crippen molar-refractivity contribution >= 4 is 32.8 Å². The highest BCUT2D eigenvalue weighted by molar-refractivity contribution is 7.90. The number of rotatable bonds is 5. The predicted molar refractivity (Wildman–Crippen MR) is 131 cm³/mol. The molecule has 3 aromatic rings. The van der Waals surface area contributed by atoms with Crippen LogP contribution in [0.5, 0.6) is 0 Å². The third-order valence-corrected chi connectivity index (χ3v) is 7.57. The largest absolute Gasteiger partial charge is 0.431 e. The Balaban J connectivity index is 1.88. The van der Waals surface area contributed by atoms with Gasteiger partial charge >= 0.3 is 12.4 Å². The minimum Gasteiger partial charge on any atom is -0.369 e. The van der Waals surface area contributed by atoms with Crippen molar-refractivity contribution in [1.29, 1.82) is 0 Å². The van der Waals surface area contributed by atoms with Gasteiger partial charge in [-0.25, -0.2) is 8.42 Å². The van der Waals surface area contributed by atoms with Gasteiger partial charge in [0.1, 0.15) is 0 Å². The normalized spacial score (nSPS) is 17.0. The number of sulfone groups is 1. The van der Waals surface area contributed by atoms with Crippen LogP contribution in [0.4, 0.5) is 32.0 Å². The third-order valence-electron chi connectivity index (χ3n) is 6.12. The van der Waals surface area contributed by atoms with E-state index in [-0.39, 0.29) is 21.2 Å². The quantitative estimate of drug-likeness (QED) is 0.349. The summed E-state index contributed by atoms with van der Waals surface area (Å²) in [6, 6.07) is 16.6. The molecular weight excluding hydrogens is 558 g/mol. The summed E-state index contributed by atoms with van der Waals surface area (Å²) in [6.07, 6.45) is -12.1. The molecular formula is C25H19ClF6N2O3S. The molecule has 0 aromatic heterocycles. The Labute approximate surface area is 218 Å². The molecule has 13 heteroatoms. The number of hydrazone groups is 1. The maximum atomic E-state index is 13.7. The van der Waals surface area contributed by atoms with Crippen LogP contribution >= 0.6 is 11.6 Å². The summed E-state index contributed by atoms with van der Waals surface area (Å²) in [5.74, 6) is 0.